The molecule has 0 N–H and O–H groups in total. The summed E-state index contributed by atoms with van der Waals surface area (Å²) in [7, 11) is 0.261. The van der Waals surface area contributed by atoms with Crippen LogP contribution in [0.15, 0.2) is 71.9 Å². The Morgan fingerprint density at radius 1 is 0.969 bits per heavy atom. The second-order valence-corrected chi connectivity index (χ2v) is 9.77. The van der Waals surface area contributed by atoms with Crippen molar-refractivity contribution in [3.05, 3.63) is 83.7 Å². The van der Waals surface area contributed by atoms with Gasteiger partial charge in [0.25, 0.3) is 10.1 Å². The number of fused-ring (bicyclic) bond motifs is 1. The highest BCUT2D eigenvalue weighted by Crippen LogP contribution is 2.24. The van der Waals surface area contributed by atoms with Crippen molar-refractivity contribution in [2.45, 2.75) is 25.2 Å². The highest BCUT2D eigenvalue weighted by Gasteiger charge is 2.15. The second-order valence-electron chi connectivity index (χ2n) is 8.15. The number of benzene rings is 2. The standard InChI is InChI=1S/C25H27N3O3S/c1-18-5-11-23(12-6-18)32(29,30)31-14-13-21-16-28-17-24(26-25(28)15-19(21)2)20-7-9-22(10-8-20)27(3)4/h5-12,15-17H,13-14H2,1-4H3. The molecule has 4 rings (SSSR count). The summed E-state index contributed by atoms with van der Waals surface area (Å²) in [6.07, 6.45) is 4.47. The van der Waals surface area contributed by atoms with Gasteiger partial charge in [0.05, 0.1) is 17.2 Å². The van der Waals surface area contributed by atoms with Crippen LogP contribution in [0.4, 0.5) is 5.69 Å². The minimum atomic E-state index is -3.77. The average Bonchev–Trinajstić information content (AvgIpc) is 3.17. The van der Waals surface area contributed by atoms with Crippen molar-refractivity contribution < 1.29 is 12.6 Å². The Labute approximate surface area is 189 Å². The summed E-state index contributed by atoms with van der Waals surface area (Å²) in [5.41, 5.74) is 7.00. The Bertz CT molecular complexity index is 1340. The number of aromatic nitrogens is 2. The molecule has 0 spiro atoms. The van der Waals surface area contributed by atoms with Crippen LogP contribution in [0.3, 0.4) is 0 Å². The van der Waals surface area contributed by atoms with Gasteiger partial charge < -0.3 is 9.30 Å². The molecule has 2 aromatic heterocycles. The van der Waals surface area contributed by atoms with E-state index in [1.165, 1.54) is 0 Å². The van der Waals surface area contributed by atoms with E-state index in [0.29, 0.717) is 6.42 Å². The third kappa shape index (κ3) is 4.69. The largest absolute Gasteiger partial charge is 0.378 e. The molecule has 2 aromatic carbocycles. The van der Waals surface area contributed by atoms with Gasteiger partial charge in [0.15, 0.2) is 0 Å². The smallest absolute Gasteiger partial charge is 0.296 e. The Morgan fingerprint density at radius 3 is 2.31 bits per heavy atom. The number of hydrogen-bond acceptors (Lipinski definition) is 5. The van der Waals surface area contributed by atoms with Crippen molar-refractivity contribution in [1.29, 1.82) is 0 Å². The third-order valence-corrected chi connectivity index (χ3v) is 6.83. The lowest BCUT2D eigenvalue weighted by atomic mass is 10.1. The first kappa shape index (κ1) is 22.0. The van der Waals surface area contributed by atoms with Gasteiger partial charge in [-0.05, 0) is 61.7 Å². The SMILES string of the molecule is Cc1ccc(S(=O)(=O)OCCc2cn3cc(-c4ccc(N(C)C)cc4)nc3cc2C)cc1. The van der Waals surface area contributed by atoms with Gasteiger partial charge in [-0.2, -0.15) is 8.42 Å². The topological polar surface area (TPSA) is 63.9 Å². The molecule has 4 aromatic rings. The molecule has 7 heteroatoms. The zero-order valence-corrected chi connectivity index (χ0v) is 19.6. The molecule has 0 fully saturated rings. The van der Waals surface area contributed by atoms with Crippen molar-refractivity contribution in [3.63, 3.8) is 0 Å². The summed E-state index contributed by atoms with van der Waals surface area (Å²) in [5.74, 6) is 0. The molecule has 0 amide bonds. The maximum atomic E-state index is 12.4. The molecule has 0 aliphatic rings. The summed E-state index contributed by atoms with van der Waals surface area (Å²) in [6, 6.07) is 17.0. The fourth-order valence-electron chi connectivity index (χ4n) is 3.54. The van der Waals surface area contributed by atoms with Crippen molar-refractivity contribution in [2.75, 3.05) is 25.6 Å². The molecule has 2 heterocycles. The fraction of sp³-hybridized carbons (Fsp3) is 0.240. The Hall–Kier alpha value is -3.16. The maximum absolute atomic E-state index is 12.4. The monoisotopic (exact) mass is 449 g/mol. The Kier molecular flexibility index (Phi) is 6.04. The lowest BCUT2D eigenvalue weighted by Gasteiger charge is -2.12. The van der Waals surface area contributed by atoms with E-state index in [1.807, 2.05) is 50.8 Å². The van der Waals surface area contributed by atoms with Crippen LogP contribution in [0.5, 0.6) is 0 Å². The maximum Gasteiger partial charge on any atom is 0.296 e. The molecule has 32 heavy (non-hydrogen) atoms. The van der Waals surface area contributed by atoms with Crippen LogP contribution in [0.25, 0.3) is 16.9 Å². The van der Waals surface area contributed by atoms with Crippen LogP contribution < -0.4 is 4.90 Å². The van der Waals surface area contributed by atoms with E-state index in [-0.39, 0.29) is 11.5 Å². The van der Waals surface area contributed by atoms with Crippen LogP contribution in [-0.2, 0) is 20.7 Å². The number of nitrogens with zero attached hydrogens (tertiary/aromatic N) is 3. The highest BCUT2D eigenvalue weighted by atomic mass is 32.2. The van der Waals surface area contributed by atoms with Crippen molar-refractivity contribution in [2.24, 2.45) is 0 Å². The number of imidazole rings is 1. The molecule has 6 nitrogen and oxygen atoms in total. The van der Waals surface area contributed by atoms with E-state index in [9.17, 15) is 8.42 Å². The van der Waals surface area contributed by atoms with E-state index in [2.05, 4.69) is 29.2 Å². The third-order valence-electron chi connectivity index (χ3n) is 5.51. The van der Waals surface area contributed by atoms with Gasteiger partial charge in [-0.25, -0.2) is 4.98 Å². The predicted molar refractivity (Wildman–Crippen MR) is 128 cm³/mol. The number of pyridine rings is 1. The quantitative estimate of drug-likeness (QED) is 0.385. The Balaban J connectivity index is 1.50. The lowest BCUT2D eigenvalue weighted by molar-refractivity contribution is 0.321. The second kappa shape index (κ2) is 8.76. The van der Waals surface area contributed by atoms with E-state index in [4.69, 9.17) is 9.17 Å². The molecule has 0 unspecified atom stereocenters. The minimum Gasteiger partial charge on any atom is -0.378 e. The van der Waals surface area contributed by atoms with Crippen LogP contribution in [0.1, 0.15) is 16.7 Å². The molecule has 0 aliphatic heterocycles. The van der Waals surface area contributed by atoms with E-state index in [0.717, 1.165) is 39.3 Å². The zero-order valence-electron chi connectivity index (χ0n) is 18.7. The average molecular weight is 450 g/mol. The van der Waals surface area contributed by atoms with Gasteiger partial charge in [-0.3, -0.25) is 4.18 Å². The van der Waals surface area contributed by atoms with Gasteiger partial charge in [-0.1, -0.05) is 29.8 Å². The van der Waals surface area contributed by atoms with E-state index >= 15 is 0 Å². The minimum absolute atomic E-state index is 0.0795. The number of hydrogen-bond donors (Lipinski definition) is 0. The first-order valence-electron chi connectivity index (χ1n) is 10.4. The number of aryl methyl sites for hydroxylation is 2. The van der Waals surface area contributed by atoms with Crippen LogP contribution in [0.2, 0.25) is 0 Å². The summed E-state index contributed by atoms with van der Waals surface area (Å²) in [5, 5.41) is 0. The summed E-state index contributed by atoms with van der Waals surface area (Å²) in [4.78, 5) is 6.98. The van der Waals surface area contributed by atoms with Gasteiger partial charge in [0, 0.05) is 37.7 Å². The van der Waals surface area contributed by atoms with Gasteiger partial charge >= 0.3 is 0 Å². The van der Waals surface area contributed by atoms with E-state index < -0.39 is 10.1 Å². The molecule has 0 saturated heterocycles. The highest BCUT2D eigenvalue weighted by molar-refractivity contribution is 7.86. The Morgan fingerprint density at radius 2 is 1.66 bits per heavy atom. The van der Waals surface area contributed by atoms with Gasteiger partial charge in [0.2, 0.25) is 0 Å². The van der Waals surface area contributed by atoms with Gasteiger partial charge in [-0.15, -0.1) is 0 Å². The van der Waals surface area contributed by atoms with Gasteiger partial charge in [0.1, 0.15) is 5.65 Å². The molecule has 166 valence electrons. The van der Waals surface area contributed by atoms with E-state index in [1.54, 1.807) is 24.3 Å². The molecular formula is C25H27N3O3S. The molecule has 0 radical (unpaired) electrons. The van der Waals surface area contributed by atoms with Crippen LogP contribution in [-0.4, -0.2) is 38.5 Å². The van der Waals surface area contributed by atoms with Crippen molar-refractivity contribution >= 4 is 21.5 Å². The first-order chi connectivity index (χ1) is 15.2. The van der Waals surface area contributed by atoms with Crippen molar-refractivity contribution in [3.8, 4) is 11.3 Å². The van der Waals surface area contributed by atoms with Crippen molar-refractivity contribution in [1.82, 2.24) is 9.38 Å². The molecule has 0 saturated carbocycles. The first-order valence-corrected chi connectivity index (χ1v) is 11.9. The molecule has 0 aliphatic carbocycles. The number of rotatable bonds is 7. The lowest BCUT2D eigenvalue weighted by Crippen LogP contribution is -2.10. The number of anilines is 1. The summed E-state index contributed by atoms with van der Waals surface area (Å²) in [6.45, 7) is 4.00. The predicted octanol–water partition coefficient (Wildman–Crippen LogP) is 4.63. The normalized spacial score (nSPS) is 11.8. The molecular weight excluding hydrogens is 422 g/mol. The summed E-state index contributed by atoms with van der Waals surface area (Å²) >= 11 is 0. The molecule has 0 bridgehead atoms. The fourth-order valence-corrected chi connectivity index (χ4v) is 4.45. The molecule has 0 atom stereocenters. The summed E-state index contributed by atoms with van der Waals surface area (Å²) < 4.78 is 32.1. The van der Waals surface area contributed by atoms with Crippen LogP contribution in [0, 0.1) is 13.8 Å². The van der Waals surface area contributed by atoms with Crippen LogP contribution >= 0.6 is 0 Å². The zero-order chi connectivity index (χ0) is 22.9.